The van der Waals surface area contributed by atoms with E-state index >= 15 is 0 Å². The van der Waals surface area contributed by atoms with Gasteiger partial charge in [-0.15, -0.1) is 10.2 Å². The third-order valence-electron chi connectivity index (χ3n) is 7.19. The third kappa shape index (κ3) is 6.62. The summed E-state index contributed by atoms with van der Waals surface area (Å²) < 4.78 is 17.7. The number of hydrogen-bond donors (Lipinski definition) is 1. The topological polar surface area (TPSA) is 111 Å². The molecule has 2 aliphatic heterocycles. The van der Waals surface area contributed by atoms with Crippen molar-refractivity contribution in [2.45, 2.75) is 35.9 Å². The summed E-state index contributed by atoms with van der Waals surface area (Å²) in [5, 5.41) is 21.4. The lowest BCUT2D eigenvalue weighted by molar-refractivity contribution is -0.132. The molecule has 2 aliphatic rings. The fourth-order valence-electron chi connectivity index (χ4n) is 4.91. The molecule has 4 aromatic rings. The zero-order valence-electron chi connectivity index (χ0n) is 24.0. The average Bonchev–Trinajstić information content (AvgIpc) is 3.62. The molecule has 0 spiro atoms. The molecule has 0 aliphatic carbocycles. The fraction of sp³-hybridized carbons (Fsp3) is 0.250. The van der Waals surface area contributed by atoms with Gasteiger partial charge in [-0.1, -0.05) is 77.8 Å². The van der Waals surface area contributed by atoms with Gasteiger partial charge in [-0.2, -0.15) is 0 Å². The monoisotopic (exact) mass is 683 g/mol. The number of thioether (sulfide) groups is 1. The molecule has 232 valence electrons. The molecule has 0 saturated carbocycles. The van der Waals surface area contributed by atoms with Crippen LogP contribution < -0.4 is 19.1 Å². The second-order valence-electron chi connectivity index (χ2n) is 10.2. The highest BCUT2D eigenvalue weighted by Gasteiger charge is 2.48. The molecule has 45 heavy (non-hydrogen) atoms. The van der Waals surface area contributed by atoms with Crippen molar-refractivity contribution in [3.05, 3.63) is 93.0 Å². The minimum Gasteiger partial charge on any atom is -0.507 e. The third-order valence-corrected chi connectivity index (χ3v) is 9.88. The van der Waals surface area contributed by atoms with Crippen LogP contribution in [0.4, 0.5) is 5.13 Å². The molecule has 9 nitrogen and oxygen atoms in total. The Hall–Kier alpha value is -3.77. The van der Waals surface area contributed by atoms with E-state index in [9.17, 15) is 14.7 Å². The lowest BCUT2D eigenvalue weighted by Gasteiger charge is -2.23. The van der Waals surface area contributed by atoms with E-state index in [2.05, 4.69) is 17.1 Å². The van der Waals surface area contributed by atoms with Crippen molar-refractivity contribution in [1.82, 2.24) is 10.2 Å². The number of benzene rings is 3. The zero-order valence-corrected chi connectivity index (χ0v) is 27.1. The number of hydrogen-bond acceptors (Lipinski definition) is 10. The van der Waals surface area contributed by atoms with Crippen LogP contribution in [0.5, 0.6) is 17.2 Å². The van der Waals surface area contributed by atoms with Crippen LogP contribution in [-0.4, -0.2) is 46.8 Å². The highest BCUT2D eigenvalue weighted by molar-refractivity contribution is 8.00. The molecule has 1 aromatic heterocycles. The van der Waals surface area contributed by atoms with Crippen LogP contribution in [0.3, 0.4) is 0 Å². The number of rotatable bonds is 10. The number of aliphatic hydroxyl groups excluding tert-OH is 1. The number of fused-ring (bicyclic) bond motifs is 1. The summed E-state index contributed by atoms with van der Waals surface area (Å²) in [5.74, 6) is 0.132. The van der Waals surface area contributed by atoms with Gasteiger partial charge >= 0.3 is 5.91 Å². The highest BCUT2D eigenvalue weighted by atomic mass is 35.5. The Labute approximate surface area is 277 Å². The van der Waals surface area contributed by atoms with Crippen molar-refractivity contribution < 1.29 is 28.9 Å². The van der Waals surface area contributed by atoms with Gasteiger partial charge in [0.05, 0.1) is 18.2 Å². The predicted octanol–water partition coefficient (Wildman–Crippen LogP) is 7.71. The number of nitrogens with zero attached hydrogens (tertiary/aromatic N) is 3. The molecule has 0 radical (unpaired) electrons. The van der Waals surface area contributed by atoms with Gasteiger partial charge in [0.25, 0.3) is 5.78 Å². The molecule has 3 aromatic carbocycles. The SMILES string of the molecule is CCCCOc1ccc(C2/C(=C(\O)c3ccc4c(c3)OCCO4)C(=O)C(=O)N2c2nnc(SCc3ccc(Cl)cc3Cl)s2)cc1. The van der Waals surface area contributed by atoms with E-state index in [1.54, 1.807) is 54.6 Å². The normalized spacial score (nSPS) is 17.1. The number of aliphatic hydroxyl groups is 1. The molecule has 13 heteroatoms. The minimum absolute atomic E-state index is 0.0753. The lowest BCUT2D eigenvalue weighted by atomic mass is 9.95. The van der Waals surface area contributed by atoms with E-state index in [1.807, 2.05) is 6.07 Å². The summed E-state index contributed by atoms with van der Waals surface area (Å²) >= 11 is 14.9. The molecular formula is C32H27Cl2N3O6S2. The number of amides is 1. The summed E-state index contributed by atoms with van der Waals surface area (Å²) in [6.07, 6.45) is 1.92. The van der Waals surface area contributed by atoms with E-state index in [0.717, 1.165) is 18.4 Å². The minimum atomic E-state index is -0.973. The van der Waals surface area contributed by atoms with Gasteiger partial charge in [0.1, 0.15) is 24.7 Å². The molecule has 3 heterocycles. The smallest absolute Gasteiger partial charge is 0.301 e. The first kappa shape index (κ1) is 31.2. The Bertz CT molecular complexity index is 1780. The van der Waals surface area contributed by atoms with Crippen LogP contribution >= 0.6 is 46.3 Å². The second-order valence-corrected chi connectivity index (χ2v) is 13.2. The first-order chi connectivity index (χ1) is 21.8. The molecule has 1 fully saturated rings. The van der Waals surface area contributed by atoms with Crippen LogP contribution in [0, 0.1) is 0 Å². The molecule has 6 rings (SSSR count). The standard InChI is InChI=1S/C32H27Cl2N3O6S2/c1-2-3-12-41-22-9-5-18(6-10-22)27-26(28(38)19-7-11-24-25(15-19)43-14-13-42-24)29(39)30(40)37(27)31-35-36-32(45-31)44-17-20-4-8-21(33)16-23(20)34/h4-11,15-16,27,38H,2-3,12-14,17H2,1H3/b28-26+. The maximum absolute atomic E-state index is 13.6. The number of Topliss-reactive ketones (excluding diaryl/α,β-unsaturated/α-hetero) is 1. The van der Waals surface area contributed by atoms with Crippen LogP contribution in [0.15, 0.2) is 70.6 Å². The molecule has 1 unspecified atom stereocenters. The van der Waals surface area contributed by atoms with Crippen molar-refractivity contribution in [1.29, 1.82) is 0 Å². The Morgan fingerprint density at radius 3 is 2.58 bits per heavy atom. The van der Waals surface area contributed by atoms with Crippen molar-refractivity contribution in [2.75, 3.05) is 24.7 Å². The molecule has 0 bridgehead atoms. The van der Waals surface area contributed by atoms with E-state index in [0.29, 0.717) is 68.3 Å². The zero-order chi connectivity index (χ0) is 31.5. The predicted molar refractivity (Wildman–Crippen MR) is 175 cm³/mol. The summed E-state index contributed by atoms with van der Waals surface area (Å²) in [7, 11) is 0. The number of halogens is 2. The first-order valence-corrected chi connectivity index (χ1v) is 16.7. The quantitative estimate of drug-likeness (QED) is 0.0448. The Kier molecular flexibility index (Phi) is 9.50. The molecule has 1 N–H and O–H groups in total. The van der Waals surface area contributed by atoms with E-state index in [1.165, 1.54) is 28.0 Å². The summed E-state index contributed by atoms with van der Waals surface area (Å²) in [4.78, 5) is 28.6. The number of carbonyl (C=O) groups is 2. The maximum atomic E-state index is 13.6. The lowest BCUT2D eigenvalue weighted by Crippen LogP contribution is -2.29. The number of ether oxygens (including phenoxy) is 3. The van der Waals surface area contributed by atoms with Crippen molar-refractivity contribution in [2.24, 2.45) is 0 Å². The van der Waals surface area contributed by atoms with Crippen LogP contribution in [0.2, 0.25) is 10.0 Å². The number of anilines is 1. The van der Waals surface area contributed by atoms with Crippen molar-refractivity contribution in [3.63, 3.8) is 0 Å². The molecule has 1 atom stereocenters. The van der Waals surface area contributed by atoms with E-state index < -0.39 is 17.7 Å². The van der Waals surface area contributed by atoms with Gasteiger partial charge in [0, 0.05) is 21.4 Å². The van der Waals surface area contributed by atoms with E-state index in [4.69, 9.17) is 37.4 Å². The largest absolute Gasteiger partial charge is 0.507 e. The number of aromatic nitrogens is 2. The van der Waals surface area contributed by atoms with Gasteiger partial charge in [-0.05, 0) is 60.0 Å². The fourth-order valence-corrected chi connectivity index (χ4v) is 7.33. The van der Waals surface area contributed by atoms with Crippen LogP contribution in [-0.2, 0) is 15.3 Å². The van der Waals surface area contributed by atoms with Gasteiger partial charge in [-0.25, -0.2) is 0 Å². The summed E-state index contributed by atoms with van der Waals surface area (Å²) in [5.41, 5.74) is 1.70. The van der Waals surface area contributed by atoms with Gasteiger partial charge < -0.3 is 19.3 Å². The second kappa shape index (κ2) is 13.7. The van der Waals surface area contributed by atoms with E-state index in [-0.39, 0.29) is 16.5 Å². The van der Waals surface area contributed by atoms with Crippen molar-refractivity contribution >= 4 is 68.9 Å². The summed E-state index contributed by atoms with van der Waals surface area (Å²) in [6, 6.07) is 16.3. The van der Waals surface area contributed by atoms with Gasteiger partial charge in [0.15, 0.2) is 15.8 Å². The molecule has 1 saturated heterocycles. The van der Waals surface area contributed by atoms with Crippen molar-refractivity contribution in [3.8, 4) is 17.2 Å². The summed E-state index contributed by atoms with van der Waals surface area (Å²) in [6.45, 7) is 3.43. The van der Waals surface area contributed by atoms with Crippen LogP contribution in [0.25, 0.3) is 5.76 Å². The van der Waals surface area contributed by atoms with Crippen LogP contribution in [0.1, 0.15) is 42.5 Å². The number of carbonyl (C=O) groups excluding carboxylic acids is 2. The molecule has 1 amide bonds. The first-order valence-electron chi connectivity index (χ1n) is 14.2. The Morgan fingerprint density at radius 1 is 1.04 bits per heavy atom. The molecular weight excluding hydrogens is 657 g/mol. The van der Waals surface area contributed by atoms with Gasteiger partial charge in [-0.3, -0.25) is 14.5 Å². The number of ketones is 1. The van der Waals surface area contributed by atoms with Gasteiger partial charge in [0.2, 0.25) is 5.13 Å². The Morgan fingerprint density at radius 2 is 1.82 bits per heavy atom. The Balaban J connectivity index is 1.36. The average molecular weight is 685 g/mol. The highest BCUT2D eigenvalue weighted by Crippen LogP contribution is 2.45. The maximum Gasteiger partial charge on any atom is 0.301 e. The number of unbranched alkanes of at least 4 members (excludes halogenated alkanes) is 1.